The van der Waals surface area contributed by atoms with Crippen LogP contribution in [0.4, 0.5) is 0 Å². The molecule has 1 aromatic rings. The molecule has 0 spiro atoms. The van der Waals surface area contributed by atoms with Gasteiger partial charge in [0.2, 0.25) is 0 Å². The fraction of sp³-hybridized carbons (Fsp3) is 0.524. The van der Waals surface area contributed by atoms with Gasteiger partial charge in [-0.05, 0) is 23.6 Å². The normalized spacial score (nSPS) is 21.8. The third-order valence-electron chi connectivity index (χ3n) is 5.31. The third-order valence-corrected chi connectivity index (χ3v) is 5.31. The molecule has 3 rings (SSSR count). The predicted molar refractivity (Wildman–Crippen MR) is 104 cm³/mol. The molecule has 1 unspecified atom stereocenters. The van der Waals surface area contributed by atoms with Crippen LogP contribution in [0.5, 0.6) is 5.75 Å². The van der Waals surface area contributed by atoms with E-state index in [2.05, 4.69) is 4.99 Å². The number of ether oxygens (including phenoxy) is 2. The zero-order valence-electron chi connectivity index (χ0n) is 15.9. The minimum absolute atomic E-state index is 0.00507. The number of quaternary nitrogens is 1. The molecular formula is C21H29N2O4+. The van der Waals surface area contributed by atoms with E-state index >= 15 is 0 Å². The van der Waals surface area contributed by atoms with E-state index in [1.807, 2.05) is 24.3 Å². The van der Waals surface area contributed by atoms with Crippen molar-refractivity contribution in [2.45, 2.75) is 25.2 Å². The zero-order chi connectivity index (χ0) is 19.1. The van der Waals surface area contributed by atoms with Gasteiger partial charge in [-0.3, -0.25) is 9.79 Å². The summed E-state index contributed by atoms with van der Waals surface area (Å²) in [4.78, 5) is 18.4. The summed E-state index contributed by atoms with van der Waals surface area (Å²) in [7, 11) is 1.63. The summed E-state index contributed by atoms with van der Waals surface area (Å²) in [5.41, 5.74) is 1.42. The Kier molecular flexibility index (Phi) is 7.01. The molecule has 0 bridgehead atoms. The van der Waals surface area contributed by atoms with Gasteiger partial charge in [-0.1, -0.05) is 12.1 Å². The number of nitrogens with zero attached hydrogens (tertiary/aromatic N) is 1. The number of hydrogen-bond donors (Lipinski definition) is 2. The van der Waals surface area contributed by atoms with Crippen LogP contribution in [0.3, 0.4) is 0 Å². The molecule has 1 fully saturated rings. The lowest BCUT2D eigenvalue weighted by Gasteiger charge is -2.23. The van der Waals surface area contributed by atoms with Crippen molar-refractivity contribution in [3.05, 3.63) is 41.2 Å². The van der Waals surface area contributed by atoms with Crippen molar-refractivity contribution in [3.8, 4) is 5.75 Å². The predicted octanol–water partition coefficient (Wildman–Crippen LogP) is 1.33. The van der Waals surface area contributed by atoms with Crippen LogP contribution in [0.25, 0.3) is 0 Å². The van der Waals surface area contributed by atoms with Crippen molar-refractivity contribution in [3.63, 3.8) is 0 Å². The Labute approximate surface area is 160 Å². The number of methoxy groups -OCH3 is 1. The van der Waals surface area contributed by atoms with Crippen LogP contribution in [-0.2, 0) is 9.53 Å². The number of carbonyl (C=O) groups excluding carboxylic acids is 1. The molecule has 6 nitrogen and oxygen atoms in total. The number of ketones is 1. The number of morpholine rings is 1. The third kappa shape index (κ3) is 5.40. The zero-order valence-corrected chi connectivity index (χ0v) is 15.9. The second kappa shape index (κ2) is 9.67. The first-order chi connectivity index (χ1) is 13.2. The van der Waals surface area contributed by atoms with Crippen molar-refractivity contribution in [2.24, 2.45) is 4.99 Å². The largest absolute Gasteiger partial charge is 0.511 e. The van der Waals surface area contributed by atoms with Gasteiger partial charge in [0.15, 0.2) is 5.78 Å². The Balaban J connectivity index is 1.51. The number of hydrogen-bond acceptors (Lipinski definition) is 5. The number of aliphatic imine (C=N–C) groups is 1. The van der Waals surface area contributed by atoms with Crippen molar-refractivity contribution >= 4 is 12.0 Å². The van der Waals surface area contributed by atoms with E-state index in [9.17, 15) is 9.90 Å². The molecule has 27 heavy (non-hydrogen) atoms. The smallest absolute Gasteiger partial charge is 0.168 e. The van der Waals surface area contributed by atoms with Crippen LogP contribution < -0.4 is 9.64 Å². The van der Waals surface area contributed by atoms with Gasteiger partial charge >= 0.3 is 0 Å². The van der Waals surface area contributed by atoms with E-state index in [1.54, 1.807) is 18.2 Å². The first kappa shape index (κ1) is 19.6. The highest BCUT2D eigenvalue weighted by Gasteiger charge is 2.27. The molecule has 1 aliphatic carbocycles. The van der Waals surface area contributed by atoms with E-state index in [-0.39, 0.29) is 17.5 Å². The van der Waals surface area contributed by atoms with Gasteiger partial charge in [-0.15, -0.1) is 0 Å². The maximum Gasteiger partial charge on any atom is 0.168 e. The van der Waals surface area contributed by atoms with Crippen LogP contribution in [0.2, 0.25) is 0 Å². The van der Waals surface area contributed by atoms with Gasteiger partial charge in [0.25, 0.3) is 0 Å². The SMILES string of the molecule is COc1ccc(C2CC(=O)C(C=NCCC[NH+]3CCOCC3)=C(O)C2)cc1. The standard InChI is InChI=1S/C21H28N2O4/c1-26-18-5-3-16(4-6-18)17-13-20(24)19(21(25)14-17)15-22-7-2-8-23-9-11-27-12-10-23/h3-6,15,17,24H,2,7-14H2,1H3/p+1. The number of aliphatic hydroxyl groups is 1. The second-order valence-electron chi connectivity index (χ2n) is 7.16. The minimum Gasteiger partial charge on any atom is -0.511 e. The molecular weight excluding hydrogens is 344 g/mol. The lowest BCUT2D eigenvalue weighted by Crippen LogP contribution is -3.14. The molecule has 1 aliphatic heterocycles. The fourth-order valence-electron chi connectivity index (χ4n) is 3.65. The van der Waals surface area contributed by atoms with Crippen LogP contribution in [0.15, 0.2) is 40.6 Å². The van der Waals surface area contributed by atoms with Crippen LogP contribution in [0, 0.1) is 0 Å². The first-order valence-electron chi connectivity index (χ1n) is 9.67. The summed E-state index contributed by atoms with van der Waals surface area (Å²) in [6, 6.07) is 7.68. The Morgan fingerprint density at radius 2 is 2.00 bits per heavy atom. The summed E-state index contributed by atoms with van der Waals surface area (Å²) in [5, 5.41) is 10.4. The molecule has 2 N–H and O–H groups in total. The molecule has 146 valence electrons. The van der Waals surface area contributed by atoms with E-state index < -0.39 is 0 Å². The molecule has 1 aromatic carbocycles. The molecule has 1 heterocycles. The summed E-state index contributed by atoms with van der Waals surface area (Å²) >= 11 is 0. The monoisotopic (exact) mass is 373 g/mol. The van der Waals surface area contributed by atoms with Gasteiger partial charge in [0, 0.05) is 32.0 Å². The van der Waals surface area contributed by atoms with Crippen molar-refractivity contribution in [1.82, 2.24) is 0 Å². The number of allylic oxidation sites excluding steroid dienone is 2. The Hall–Kier alpha value is -2.18. The lowest BCUT2D eigenvalue weighted by molar-refractivity contribution is -0.908. The summed E-state index contributed by atoms with van der Waals surface area (Å²) < 4.78 is 10.5. The van der Waals surface area contributed by atoms with Crippen molar-refractivity contribution in [1.29, 1.82) is 0 Å². The first-order valence-corrected chi connectivity index (χ1v) is 9.67. The van der Waals surface area contributed by atoms with E-state index in [0.717, 1.165) is 50.6 Å². The van der Waals surface area contributed by atoms with E-state index in [0.29, 0.717) is 25.0 Å². The highest BCUT2D eigenvalue weighted by molar-refractivity contribution is 6.14. The molecule has 1 atom stereocenters. The van der Waals surface area contributed by atoms with Gasteiger partial charge in [-0.25, -0.2) is 0 Å². The molecule has 6 heteroatoms. The van der Waals surface area contributed by atoms with Crippen molar-refractivity contribution in [2.75, 3.05) is 46.5 Å². The number of aliphatic hydroxyl groups excluding tert-OH is 1. The molecule has 2 aliphatic rings. The Morgan fingerprint density at radius 3 is 2.67 bits per heavy atom. The number of carbonyl (C=O) groups is 1. The highest BCUT2D eigenvalue weighted by atomic mass is 16.5. The quantitative estimate of drug-likeness (QED) is 0.559. The second-order valence-corrected chi connectivity index (χ2v) is 7.16. The Morgan fingerprint density at radius 1 is 1.26 bits per heavy atom. The number of nitrogens with one attached hydrogen (secondary N) is 1. The van der Waals surface area contributed by atoms with Crippen LogP contribution in [0.1, 0.15) is 30.7 Å². The molecule has 0 amide bonds. The van der Waals surface area contributed by atoms with Gasteiger partial charge in [0.05, 0.1) is 32.4 Å². The topological polar surface area (TPSA) is 72.6 Å². The number of Topliss-reactive ketones (excluding diaryl/α,β-unsaturated/α-hetero) is 1. The maximum atomic E-state index is 12.5. The average Bonchev–Trinajstić information content (AvgIpc) is 2.70. The average molecular weight is 373 g/mol. The summed E-state index contributed by atoms with van der Waals surface area (Å²) in [5.74, 6) is 0.898. The number of rotatable bonds is 7. The number of benzene rings is 1. The summed E-state index contributed by atoms with van der Waals surface area (Å²) in [6.07, 6.45) is 3.41. The fourth-order valence-corrected chi connectivity index (χ4v) is 3.65. The molecule has 0 saturated carbocycles. The minimum atomic E-state index is -0.0397. The van der Waals surface area contributed by atoms with Gasteiger partial charge in [0.1, 0.15) is 24.6 Å². The van der Waals surface area contributed by atoms with Crippen molar-refractivity contribution < 1.29 is 24.3 Å². The van der Waals surface area contributed by atoms with E-state index in [1.165, 1.54) is 0 Å². The maximum absolute atomic E-state index is 12.5. The Bertz CT molecular complexity index is 691. The summed E-state index contributed by atoms with van der Waals surface area (Å²) in [6.45, 7) is 5.53. The lowest BCUT2D eigenvalue weighted by atomic mass is 9.83. The van der Waals surface area contributed by atoms with Crippen LogP contribution in [-0.4, -0.2) is 63.6 Å². The molecule has 0 aromatic heterocycles. The molecule has 1 saturated heterocycles. The van der Waals surface area contributed by atoms with Gasteiger partial charge < -0.3 is 19.5 Å². The van der Waals surface area contributed by atoms with Gasteiger partial charge in [-0.2, -0.15) is 0 Å². The van der Waals surface area contributed by atoms with Crippen LogP contribution >= 0.6 is 0 Å². The molecule has 0 radical (unpaired) electrons. The van der Waals surface area contributed by atoms with E-state index in [4.69, 9.17) is 9.47 Å². The highest BCUT2D eigenvalue weighted by Crippen LogP contribution is 2.33.